The van der Waals surface area contributed by atoms with Crippen molar-refractivity contribution in [3.05, 3.63) is 71.4 Å². The molecule has 2 aromatic carbocycles. The molecule has 4 rings (SSSR count). The maximum absolute atomic E-state index is 13.0. The fourth-order valence-electron chi connectivity index (χ4n) is 3.38. The van der Waals surface area contributed by atoms with Gasteiger partial charge in [-0.3, -0.25) is 4.90 Å². The predicted octanol–water partition coefficient (Wildman–Crippen LogP) is 4.88. The number of likely N-dealkylation sites (tertiary alicyclic amines) is 1. The molecule has 0 aliphatic carbocycles. The molecule has 0 bridgehead atoms. The zero-order valence-electron chi connectivity index (χ0n) is 14.8. The summed E-state index contributed by atoms with van der Waals surface area (Å²) in [6.07, 6.45) is -3.61. The van der Waals surface area contributed by atoms with Crippen LogP contribution in [0.2, 0.25) is 0 Å². The predicted molar refractivity (Wildman–Crippen MR) is 93.8 cm³/mol. The third-order valence-electron chi connectivity index (χ3n) is 4.83. The lowest BCUT2D eigenvalue weighted by Gasteiger charge is -2.15. The van der Waals surface area contributed by atoms with Gasteiger partial charge in [-0.15, -0.1) is 0 Å². The van der Waals surface area contributed by atoms with Crippen LogP contribution in [0.1, 0.15) is 29.4 Å². The van der Waals surface area contributed by atoms with Gasteiger partial charge in [0.05, 0.1) is 11.5 Å². The second-order valence-electron chi connectivity index (χ2n) is 6.88. The molecule has 146 valence electrons. The summed E-state index contributed by atoms with van der Waals surface area (Å²) >= 11 is 0. The highest BCUT2D eigenvalue weighted by Crippen LogP contribution is 2.33. The second-order valence-corrected chi connectivity index (χ2v) is 6.88. The second kappa shape index (κ2) is 7.35. The summed E-state index contributed by atoms with van der Waals surface area (Å²) < 4.78 is 57.0. The van der Waals surface area contributed by atoms with E-state index < -0.39 is 11.7 Å². The Morgan fingerprint density at radius 1 is 1.11 bits per heavy atom. The highest BCUT2D eigenvalue weighted by Gasteiger charge is 2.31. The molecule has 1 aliphatic heterocycles. The van der Waals surface area contributed by atoms with Crippen molar-refractivity contribution in [2.45, 2.75) is 25.1 Å². The monoisotopic (exact) mass is 391 g/mol. The largest absolute Gasteiger partial charge is 0.416 e. The molecule has 1 unspecified atom stereocenters. The Kier molecular flexibility index (Phi) is 4.89. The van der Waals surface area contributed by atoms with E-state index in [-0.39, 0.29) is 23.1 Å². The lowest BCUT2D eigenvalue weighted by Crippen LogP contribution is -2.19. The minimum Gasteiger partial charge on any atom is -0.339 e. The van der Waals surface area contributed by atoms with Gasteiger partial charge >= 0.3 is 6.18 Å². The maximum Gasteiger partial charge on any atom is 0.416 e. The molecule has 1 saturated heterocycles. The zero-order chi connectivity index (χ0) is 19.7. The molecule has 2 heterocycles. The van der Waals surface area contributed by atoms with Gasteiger partial charge in [0.25, 0.3) is 0 Å². The first-order valence-corrected chi connectivity index (χ1v) is 8.86. The van der Waals surface area contributed by atoms with E-state index in [2.05, 4.69) is 15.0 Å². The SMILES string of the molecule is Fc1ccc(CN2CCC(c3nc(-c4cccc(C(F)(F)F)c4)no3)C2)cc1. The topological polar surface area (TPSA) is 42.2 Å². The fraction of sp³-hybridized carbons (Fsp3) is 0.300. The Morgan fingerprint density at radius 2 is 1.89 bits per heavy atom. The van der Waals surface area contributed by atoms with Gasteiger partial charge < -0.3 is 4.52 Å². The van der Waals surface area contributed by atoms with Crippen molar-refractivity contribution in [1.29, 1.82) is 0 Å². The van der Waals surface area contributed by atoms with E-state index in [1.54, 1.807) is 12.1 Å². The highest BCUT2D eigenvalue weighted by atomic mass is 19.4. The summed E-state index contributed by atoms with van der Waals surface area (Å²) in [5, 5.41) is 3.86. The number of halogens is 4. The van der Waals surface area contributed by atoms with Crippen molar-refractivity contribution in [1.82, 2.24) is 15.0 Å². The molecule has 1 aromatic heterocycles. The molecule has 1 aliphatic rings. The van der Waals surface area contributed by atoms with Crippen LogP contribution in [-0.4, -0.2) is 28.1 Å². The molecule has 0 spiro atoms. The van der Waals surface area contributed by atoms with Gasteiger partial charge in [0.2, 0.25) is 11.7 Å². The van der Waals surface area contributed by atoms with Crippen molar-refractivity contribution >= 4 is 0 Å². The summed E-state index contributed by atoms with van der Waals surface area (Å²) in [5.41, 5.74) is 0.533. The van der Waals surface area contributed by atoms with Crippen LogP contribution in [0.4, 0.5) is 17.6 Å². The smallest absolute Gasteiger partial charge is 0.339 e. The minimum atomic E-state index is -4.42. The van der Waals surface area contributed by atoms with Crippen molar-refractivity contribution in [2.24, 2.45) is 0 Å². The Labute approximate surface area is 158 Å². The molecule has 4 nitrogen and oxygen atoms in total. The van der Waals surface area contributed by atoms with Crippen LogP contribution in [0, 0.1) is 5.82 Å². The fourth-order valence-corrected chi connectivity index (χ4v) is 3.38. The zero-order valence-corrected chi connectivity index (χ0v) is 14.8. The number of alkyl halides is 3. The minimum absolute atomic E-state index is 0.0208. The van der Waals surface area contributed by atoms with Crippen LogP contribution in [0.25, 0.3) is 11.4 Å². The van der Waals surface area contributed by atoms with Crippen LogP contribution >= 0.6 is 0 Å². The molecule has 0 amide bonds. The van der Waals surface area contributed by atoms with E-state index in [9.17, 15) is 17.6 Å². The van der Waals surface area contributed by atoms with E-state index in [0.29, 0.717) is 19.0 Å². The van der Waals surface area contributed by atoms with Gasteiger partial charge in [0.1, 0.15) is 5.82 Å². The lowest BCUT2D eigenvalue weighted by atomic mass is 10.1. The van der Waals surface area contributed by atoms with Gasteiger partial charge in [-0.25, -0.2) is 4.39 Å². The van der Waals surface area contributed by atoms with Crippen LogP contribution < -0.4 is 0 Å². The molecule has 1 fully saturated rings. The van der Waals surface area contributed by atoms with E-state index >= 15 is 0 Å². The number of hydrogen-bond donors (Lipinski definition) is 0. The van der Waals surface area contributed by atoms with E-state index in [4.69, 9.17) is 4.52 Å². The van der Waals surface area contributed by atoms with E-state index in [0.717, 1.165) is 30.7 Å². The van der Waals surface area contributed by atoms with Gasteiger partial charge in [0, 0.05) is 18.7 Å². The summed E-state index contributed by atoms with van der Waals surface area (Å²) in [5.74, 6) is 0.329. The third-order valence-corrected chi connectivity index (χ3v) is 4.83. The standard InChI is InChI=1S/C20H17F4N3O/c21-17-6-4-13(5-7-17)11-27-9-8-15(12-27)19-25-18(26-28-19)14-2-1-3-16(10-14)20(22,23)24/h1-7,10,15H,8-9,11-12H2. The molecule has 0 radical (unpaired) electrons. The Balaban J connectivity index is 1.44. The summed E-state index contributed by atoms with van der Waals surface area (Å²) in [6.45, 7) is 2.20. The van der Waals surface area contributed by atoms with Crippen LogP contribution in [0.5, 0.6) is 0 Å². The van der Waals surface area contributed by atoms with Gasteiger partial charge in [-0.1, -0.05) is 29.4 Å². The Hall–Kier alpha value is -2.74. The van der Waals surface area contributed by atoms with Crippen molar-refractivity contribution in [3.63, 3.8) is 0 Å². The quantitative estimate of drug-likeness (QED) is 0.595. The summed E-state index contributed by atoms with van der Waals surface area (Å²) in [6, 6.07) is 11.2. The molecule has 8 heteroatoms. The molecular formula is C20H17F4N3O. The summed E-state index contributed by atoms with van der Waals surface area (Å²) in [7, 11) is 0. The molecular weight excluding hydrogens is 374 g/mol. The Morgan fingerprint density at radius 3 is 2.64 bits per heavy atom. The van der Waals surface area contributed by atoms with Crippen LogP contribution in [0.3, 0.4) is 0 Å². The molecule has 0 N–H and O–H groups in total. The van der Waals surface area contributed by atoms with Gasteiger partial charge in [0.15, 0.2) is 0 Å². The average molecular weight is 391 g/mol. The number of hydrogen-bond acceptors (Lipinski definition) is 4. The van der Waals surface area contributed by atoms with E-state index in [1.165, 1.54) is 24.3 Å². The lowest BCUT2D eigenvalue weighted by molar-refractivity contribution is -0.137. The molecule has 28 heavy (non-hydrogen) atoms. The molecule has 1 atom stereocenters. The van der Waals surface area contributed by atoms with E-state index in [1.807, 2.05) is 0 Å². The van der Waals surface area contributed by atoms with Crippen molar-refractivity contribution in [2.75, 3.05) is 13.1 Å². The molecule has 0 saturated carbocycles. The average Bonchev–Trinajstić information content (AvgIpc) is 3.32. The van der Waals surface area contributed by atoms with Crippen LogP contribution in [0.15, 0.2) is 53.1 Å². The number of nitrogens with zero attached hydrogens (tertiary/aromatic N) is 3. The first kappa shape index (κ1) is 18.6. The number of rotatable bonds is 4. The first-order chi connectivity index (χ1) is 13.4. The maximum atomic E-state index is 13.0. The van der Waals surface area contributed by atoms with Crippen LogP contribution in [-0.2, 0) is 12.7 Å². The van der Waals surface area contributed by atoms with Gasteiger partial charge in [-0.05, 0) is 42.8 Å². The summed E-state index contributed by atoms with van der Waals surface area (Å²) in [4.78, 5) is 6.52. The molecule has 3 aromatic rings. The third kappa shape index (κ3) is 4.06. The normalized spacial score (nSPS) is 17.9. The van der Waals surface area contributed by atoms with Crippen molar-refractivity contribution < 1.29 is 22.1 Å². The first-order valence-electron chi connectivity index (χ1n) is 8.86. The number of aromatic nitrogens is 2. The number of benzene rings is 2. The highest BCUT2D eigenvalue weighted by molar-refractivity contribution is 5.55. The Bertz CT molecular complexity index is 953. The van der Waals surface area contributed by atoms with Gasteiger partial charge in [-0.2, -0.15) is 18.2 Å². The van der Waals surface area contributed by atoms with Crippen molar-refractivity contribution in [3.8, 4) is 11.4 Å².